The third-order valence-corrected chi connectivity index (χ3v) is 5.90. The molecule has 0 aliphatic heterocycles. The molecule has 0 unspecified atom stereocenters. The number of amides is 1. The highest BCUT2D eigenvalue weighted by atomic mass is 35.5. The molecule has 5 nitrogen and oxygen atoms in total. The summed E-state index contributed by atoms with van der Waals surface area (Å²) < 4.78 is 1.55. The van der Waals surface area contributed by atoms with E-state index < -0.39 is 0 Å². The Hall–Kier alpha value is -2.61. The van der Waals surface area contributed by atoms with Crippen molar-refractivity contribution in [2.75, 3.05) is 11.1 Å². The highest BCUT2D eigenvalue weighted by Crippen LogP contribution is 2.24. The van der Waals surface area contributed by atoms with Crippen LogP contribution in [0.4, 0.5) is 5.69 Å². The highest BCUT2D eigenvalue weighted by molar-refractivity contribution is 7.99. The van der Waals surface area contributed by atoms with Gasteiger partial charge >= 0.3 is 0 Å². The molecule has 8 heteroatoms. The van der Waals surface area contributed by atoms with Crippen LogP contribution in [0.2, 0.25) is 5.02 Å². The van der Waals surface area contributed by atoms with Gasteiger partial charge < -0.3 is 5.32 Å². The predicted octanol–water partition coefficient (Wildman–Crippen LogP) is 4.83. The van der Waals surface area contributed by atoms with E-state index in [1.165, 1.54) is 23.1 Å². The fourth-order valence-electron chi connectivity index (χ4n) is 2.69. The first-order valence-corrected chi connectivity index (χ1v) is 10.6. The lowest BCUT2D eigenvalue weighted by atomic mass is 10.3. The Morgan fingerprint density at radius 1 is 1.14 bits per heavy atom. The predicted molar refractivity (Wildman–Crippen MR) is 116 cm³/mol. The molecule has 0 spiro atoms. The number of nitrogens with zero attached hydrogens (tertiary/aromatic N) is 2. The Morgan fingerprint density at radius 2 is 1.96 bits per heavy atom. The molecule has 0 saturated heterocycles. The molecule has 0 atom stereocenters. The number of benzene rings is 2. The van der Waals surface area contributed by atoms with Crippen molar-refractivity contribution in [3.63, 3.8) is 0 Å². The van der Waals surface area contributed by atoms with Crippen molar-refractivity contribution in [3.05, 3.63) is 81.4 Å². The van der Waals surface area contributed by atoms with Crippen LogP contribution >= 0.6 is 34.7 Å². The molecule has 1 N–H and O–H groups in total. The Labute approximate surface area is 174 Å². The molecule has 2 aromatic heterocycles. The summed E-state index contributed by atoms with van der Waals surface area (Å²) in [5.74, 6) is -0.0877. The maximum atomic E-state index is 13.0. The van der Waals surface area contributed by atoms with Gasteiger partial charge in [-0.25, -0.2) is 4.98 Å². The number of carbonyl (C=O) groups is 1. The van der Waals surface area contributed by atoms with Crippen molar-refractivity contribution in [2.24, 2.45) is 0 Å². The van der Waals surface area contributed by atoms with Crippen molar-refractivity contribution in [3.8, 4) is 5.69 Å². The fraction of sp³-hybridized carbons (Fsp3) is 0.0500. The van der Waals surface area contributed by atoms with Crippen LogP contribution in [0, 0.1) is 0 Å². The van der Waals surface area contributed by atoms with E-state index in [0.717, 1.165) is 0 Å². The summed E-state index contributed by atoms with van der Waals surface area (Å²) in [7, 11) is 0. The zero-order valence-electron chi connectivity index (χ0n) is 14.5. The molecular weight excluding hydrogens is 414 g/mol. The van der Waals surface area contributed by atoms with Gasteiger partial charge in [-0.2, -0.15) is 0 Å². The molecule has 2 aromatic carbocycles. The first-order chi connectivity index (χ1) is 13.6. The Balaban J connectivity index is 1.63. The highest BCUT2D eigenvalue weighted by Gasteiger charge is 2.15. The van der Waals surface area contributed by atoms with Gasteiger partial charge in [0.25, 0.3) is 5.56 Å². The van der Waals surface area contributed by atoms with Gasteiger partial charge in [0.05, 0.1) is 16.8 Å². The van der Waals surface area contributed by atoms with Crippen LogP contribution in [-0.2, 0) is 4.79 Å². The summed E-state index contributed by atoms with van der Waals surface area (Å²) in [4.78, 5) is 30.6. The van der Waals surface area contributed by atoms with Crippen molar-refractivity contribution in [1.82, 2.24) is 9.55 Å². The monoisotopic (exact) mass is 427 g/mol. The molecule has 1 amide bonds. The number of hydrogen-bond acceptors (Lipinski definition) is 5. The Morgan fingerprint density at radius 3 is 2.75 bits per heavy atom. The summed E-state index contributed by atoms with van der Waals surface area (Å²) in [6, 6.07) is 18.0. The lowest BCUT2D eigenvalue weighted by molar-refractivity contribution is -0.113. The lowest BCUT2D eigenvalue weighted by Gasteiger charge is -2.12. The minimum Gasteiger partial charge on any atom is -0.325 e. The van der Waals surface area contributed by atoms with E-state index in [0.29, 0.717) is 31.8 Å². The molecule has 0 bridgehead atoms. The van der Waals surface area contributed by atoms with Crippen LogP contribution in [0.15, 0.2) is 76.0 Å². The summed E-state index contributed by atoms with van der Waals surface area (Å²) in [6.07, 6.45) is 0. The number of aromatic nitrogens is 2. The molecule has 28 heavy (non-hydrogen) atoms. The van der Waals surface area contributed by atoms with Gasteiger partial charge in [0.1, 0.15) is 4.83 Å². The summed E-state index contributed by atoms with van der Waals surface area (Å²) in [6.45, 7) is 0. The number of rotatable bonds is 5. The van der Waals surface area contributed by atoms with Gasteiger partial charge in [-0.15, -0.1) is 11.3 Å². The number of hydrogen-bond donors (Lipinski definition) is 1. The van der Waals surface area contributed by atoms with Gasteiger partial charge in [0, 0.05) is 10.7 Å². The minimum absolute atomic E-state index is 0.114. The maximum absolute atomic E-state index is 13.0. The maximum Gasteiger partial charge on any atom is 0.267 e. The molecule has 0 saturated carbocycles. The number of anilines is 1. The number of carbonyl (C=O) groups excluding carboxylic acids is 1. The first kappa shape index (κ1) is 18.7. The van der Waals surface area contributed by atoms with Crippen molar-refractivity contribution >= 4 is 56.5 Å². The fourth-order valence-corrected chi connectivity index (χ4v) is 4.50. The van der Waals surface area contributed by atoms with Crippen molar-refractivity contribution in [2.45, 2.75) is 5.16 Å². The van der Waals surface area contributed by atoms with E-state index in [1.807, 2.05) is 35.7 Å². The number of fused-ring (bicyclic) bond motifs is 1. The molecule has 0 aliphatic carbocycles. The Kier molecular flexibility index (Phi) is 5.47. The van der Waals surface area contributed by atoms with Crippen LogP contribution in [0.1, 0.15) is 0 Å². The largest absolute Gasteiger partial charge is 0.325 e. The van der Waals surface area contributed by atoms with E-state index in [2.05, 4.69) is 10.3 Å². The normalized spacial score (nSPS) is 10.9. The van der Waals surface area contributed by atoms with Crippen LogP contribution in [0.5, 0.6) is 0 Å². The van der Waals surface area contributed by atoms with Crippen LogP contribution in [0.25, 0.3) is 15.9 Å². The number of thioether (sulfide) groups is 1. The molecule has 0 radical (unpaired) electrons. The molecule has 2 heterocycles. The third-order valence-electron chi connectivity index (χ3n) is 3.92. The molecule has 4 aromatic rings. The van der Waals surface area contributed by atoms with Gasteiger partial charge in [-0.05, 0) is 41.8 Å². The number of para-hydroxylation sites is 1. The zero-order chi connectivity index (χ0) is 19.5. The SMILES string of the molecule is O=C(CSc1nc2sccc2c(=O)n1-c1ccccc1)Nc1cccc(Cl)c1. The number of halogens is 1. The van der Waals surface area contributed by atoms with Crippen LogP contribution in [0.3, 0.4) is 0 Å². The average molecular weight is 428 g/mol. The standard InChI is InChI=1S/C20H14ClN3O2S2/c21-13-5-4-6-14(11-13)22-17(25)12-28-20-23-18-16(9-10-27-18)19(26)24(20)15-7-2-1-3-8-15/h1-11H,12H2,(H,22,25). The molecule has 140 valence electrons. The summed E-state index contributed by atoms with van der Waals surface area (Å²) in [5, 5.41) is 6.24. The van der Waals surface area contributed by atoms with Crippen molar-refractivity contribution < 1.29 is 4.79 Å². The molecular formula is C20H14ClN3O2S2. The second kappa shape index (κ2) is 8.18. The topological polar surface area (TPSA) is 64.0 Å². The van der Waals surface area contributed by atoms with Crippen LogP contribution < -0.4 is 10.9 Å². The zero-order valence-corrected chi connectivity index (χ0v) is 16.9. The third kappa shape index (κ3) is 3.96. The van der Waals surface area contributed by atoms with E-state index in [-0.39, 0.29) is 17.2 Å². The average Bonchev–Trinajstić information content (AvgIpc) is 3.16. The van der Waals surface area contributed by atoms with Gasteiger partial charge in [-0.1, -0.05) is 47.6 Å². The van der Waals surface area contributed by atoms with E-state index >= 15 is 0 Å². The van der Waals surface area contributed by atoms with E-state index in [9.17, 15) is 9.59 Å². The van der Waals surface area contributed by atoms with Gasteiger partial charge in [0.2, 0.25) is 5.91 Å². The smallest absolute Gasteiger partial charge is 0.267 e. The van der Waals surface area contributed by atoms with Crippen LogP contribution in [-0.4, -0.2) is 21.2 Å². The Bertz CT molecular complexity index is 1210. The second-order valence-corrected chi connectivity index (χ2v) is 8.13. The number of nitrogens with one attached hydrogen (secondary N) is 1. The van der Waals surface area contributed by atoms with E-state index in [1.54, 1.807) is 34.9 Å². The molecule has 4 rings (SSSR count). The minimum atomic E-state index is -0.201. The number of thiophene rings is 1. The molecule has 0 aliphatic rings. The van der Waals surface area contributed by atoms with Crippen molar-refractivity contribution in [1.29, 1.82) is 0 Å². The summed E-state index contributed by atoms with van der Waals surface area (Å²) >= 11 is 8.57. The van der Waals surface area contributed by atoms with Gasteiger partial charge in [0.15, 0.2) is 5.16 Å². The molecule has 0 fully saturated rings. The van der Waals surface area contributed by atoms with E-state index in [4.69, 9.17) is 11.6 Å². The second-order valence-electron chi connectivity index (χ2n) is 5.86. The lowest BCUT2D eigenvalue weighted by Crippen LogP contribution is -2.22. The quantitative estimate of drug-likeness (QED) is 0.366. The first-order valence-electron chi connectivity index (χ1n) is 8.36. The summed E-state index contributed by atoms with van der Waals surface area (Å²) in [5.41, 5.74) is 1.20. The van der Waals surface area contributed by atoms with Gasteiger partial charge in [-0.3, -0.25) is 14.2 Å².